The predicted molar refractivity (Wildman–Crippen MR) is 111 cm³/mol. The van der Waals surface area contributed by atoms with Gasteiger partial charge in [0.2, 0.25) is 11.8 Å². The monoisotopic (exact) mass is 379 g/mol. The van der Waals surface area contributed by atoms with Crippen molar-refractivity contribution in [1.82, 2.24) is 10.2 Å². The maximum absolute atomic E-state index is 13.1. The summed E-state index contributed by atoms with van der Waals surface area (Å²) in [6.07, 6.45) is 2.08. The molecule has 2 amide bonds. The van der Waals surface area contributed by atoms with E-state index in [1.54, 1.807) is 0 Å². The van der Waals surface area contributed by atoms with E-state index in [4.69, 9.17) is 5.73 Å². The summed E-state index contributed by atoms with van der Waals surface area (Å²) in [5.41, 5.74) is 7.74. The molecule has 0 aliphatic carbocycles. The first-order valence-electron chi connectivity index (χ1n) is 10.0. The fraction of sp³-hybridized carbons (Fsp3) is 0.391. The topological polar surface area (TPSA) is 75.4 Å². The Morgan fingerprint density at radius 1 is 1.04 bits per heavy atom. The van der Waals surface area contributed by atoms with E-state index >= 15 is 0 Å². The van der Waals surface area contributed by atoms with Gasteiger partial charge in [-0.05, 0) is 24.0 Å². The molecule has 1 heterocycles. The third-order valence-electron chi connectivity index (χ3n) is 5.37. The quantitative estimate of drug-likeness (QED) is 0.776. The van der Waals surface area contributed by atoms with Gasteiger partial charge in [0.1, 0.15) is 0 Å². The van der Waals surface area contributed by atoms with Crippen molar-refractivity contribution in [2.24, 2.45) is 11.7 Å². The van der Waals surface area contributed by atoms with Crippen LogP contribution in [0, 0.1) is 5.92 Å². The molecule has 1 unspecified atom stereocenters. The van der Waals surface area contributed by atoms with Crippen LogP contribution < -0.4 is 11.1 Å². The smallest absolute Gasteiger partial charge is 0.224 e. The second-order valence-electron chi connectivity index (χ2n) is 7.34. The molecule has 3 N–H and O–H groups in total. The van der Waals surface area contributed by atoms with E-state index in [1.807, 2.05) is 41.3 Å². The van der Waals surface area contributed by atoms with Crippen LogP contribution in [0.1, 0.15) is 36.3 Å². The molecule has 2 aromatic rings. The molecule has 148 valence electrons. The molecule has 0 aromatic heterocycles. The van der Waals surface area contributed by atoms with Crippen molar-refractivity contribution in [3.05, 3.63) is 71.8 Å². The van der Waals surface area contributed by atoms with Gasteiger partial charge in [0, 0.05) is 38.5 Å². The number of rotatable bonds is 7. The number of likely N-dealkylation sites (tertiary alicyclic amines) is 1. The molecule has 0 radical (unpaired) electrons. The minimum atomic E-state index is -0.142. The number of benzene rings is 2. The van der Waals surface area contributed by atoms with Crippen molar-refractivity contribution in [3.8, 4) is 0 Å². The number of piperidine rings is 1. The van der Waals surface area contributed by atoms with Crippen LogP contribution in [-0.2, 0) is 9.59 Å². The number of nitrogens with zero attached hydrogens (tertiary/aromatic N) is 1. The summed E-state index contributed by atoms with van der Waals surface area (Å²) >= 11 is 0. The van der Waals surface area contributed by atoms with Gasteiger partial charge in [-0.2, -0.15) is 0 Å². The lowest BCUT2D eigenvalue weighted by molar-refractivity contribution is -0.135. The summed E-state index contributed by atoms with van der Waals surface area (Å²) < 4.78 is 0. The molecule has 5 nitrogen and oxygen atoms in total. The Morgan fingerprint density at radius 3 is 2.21 bits per heavy atom. The van der Waals surface area contributed by atoms with Crippen molar-refractivity contribution in [2.45, 2.75) is 25.2 Å². The molecule has 1 aliphatic heterocycles. The van der Waals surface area contributed by atoms with Crippen LogP contribution in [0.4, 0.5) is 0 Å². The number of hydrogen-bond donors (Lipinski definition) is 2. The van der Waals surface area contributed by atoms with Gasteiger partial charge in [0.25, 0.3) is 0 Å². The third kappa shape index (κ3) is 5.20. The van der Waals surface area contributed by atoms with E-state index in [0.717, 1.165) is 30.5 Å². The summed E-state index contributed by atoms with van der Waals surface area (Å²) in [5, 5.41) is 2.85. The average Bonchev–Trinajstić information content (AvgIpc) is 2.77. The molecule has 28 heavy (non-hydrogen) atoms. The number of carbonyl (C=O) groups excluding carboxylic acids is 2. The summed E-state index contributed by atoms with van der Waals surface area (Å²) in [4.78, 5) is 27.3. The highest BCUT2D eigenvalue weighted by Crippen LogP contribution is 2.29. The normalized spacial score (nSPS) is 16.8. The van der Waals surface area contributed by atoms with E-state index in [1.165, 1.54) is 0 Å². The number of carbonyl (C=O) groups is 2. The number of amides is 2. The van der Waals surface area contributed by atoms with Crippen molar-refractivity contribution in [1.29, 1.82) is 0 Å². The van der Waals surface area contributed by atoms with Crippen LogP contribution >= 0.6 is 0 Å². The Kier molecular flexibility index (Phi) is 7.20. The SMILES string of the molecule is NCCNC(=O)C1CCCN(C(=O)CC(c2ccccc2)c2ccccc2)C1. The molecule has 1 aliphatic rings. The van der Waals surface area contributed by atoms with Crippen LogP contribution in [0.2, 0.25) is 0 Å². The Labute approximate surface area is 166 Å². The van der Waals surface area contributed by atoms with Gasteiger partial charge < -0.3 is 16.0 Å². The zero-order chi connectivity index (χ0) is 19.8. The van der Waals surface area contributed by atoms with E-state index < -0.39 is 0 Å². The first-order chi connectivity index (χ1) is 13.7. The maximum Gasteiger partial charge on any atom is 0.224 e. The number of nitrogens with two attached hydrogens (primary N) is 1. The first kappa shape index (κ1) is 20.1. The Hall–Kier alpha value is -2.66. The van der Waals surface area contributed by atoms with Crippen LogP contribution in [0.15, 0.2) is 60.7 Å². The predicted octanol–water partition coefficient (Wildman–Crippen LogP) is 2.52. The second-order valence-corrected chi connectivity index (χ2v) is 7.34. The van der Waals surface area contributed by atoms with Gasteiger partial charge in [0.15, 0.2) is 0 Å². The minimum Gasteiger partial charge on any atom is -0.355 e. The lowest BCUT2D eigenvalue weighted by atomic mass is 9.87. The van der Waals surface area contributed by atoms with E-state index in [0.29, 0.717) is 26.1 Å². The summed E-state index contributed by atoms with van der Waals surface area (Å²) in [5.74, 6) is -0.0165. The third-order valence-corrected chi connectivity index (χ3v) is 5.37. The summed E-state index contributed by atoms with van der Waals surface area (Å²) in [6, 6.07) is 20.3. The molecular formula is C23H29N3O2. The molecule has 1 fully saturated rings. The van der Waals surface area contributed by atoms with Gasteiger partial charge in [0.05, 0.1) is 5.92 Å². The fourth-order valence-electron chi connectivity index (χ4n) is 3.86. The zero-order valence-corrected chi connectivity index (χ0v) is 16.2. The lowest BCUT2D eigenvalue weighted by Crippen LogP contribution is -2.46. The largest absolute Gasteiger partial charge is 0.355 e. The molecule has 3 rings (SSSR count). The average molecular weight is 380 g/mol. The van der Waals surface area contributed by atoms with E-state index in [9.17, 15) is 9.59 Å². The van der Waals surface area contributed by atoms with Gasteiger partial charge >= 0.3 is 0 Å². The molecule has 1 atom stereocenters. The van der Waals surface area contributed by atoms with Gasteiger partial charge in [-0.15, -0.1) is 0 Å². The van der Waals surface area contributed by atoms with Crippen LogP contribution in [-0.4, -0.2) is 42.9 Å². The molecular weight excluding hydrogens is 350 g/mol. The molecule has 0 bridgehead atoms. The van der Waals surface area contributed by atoms with Crippen LogP contribution in [0.25, 0.3) is 0 Å². The Balaban J connectivity index is 1.70. The van der Waals surface area contributed by atoms with E-state index in [2.05, 4.69) is 29.6 Å². The number of nitrogens with one attached hydrogen (secondary N) is 1. The lowest BCUT2D eigenvalue weighted by Gasteiger charge is -2.33. The Bertz CT molecular complexity index is 724. The number of hydrogen-bond acceptors (Lipinski definition) is 3. The fourth-order valence-corrected chi connectivity index (χ4v) is 3.86. The van der Waals surface area contributed by atoms with Gasteiger partial charge in [-0.1, -0.05) is 60.7 Å². The second kappa shape index (κ2) is 10.0. The van der Waals surface area contributed by atoms with Crippen molar-refractivity contribution >= 4 is 11.8 Å². The highest BCUT2D eigenvalue weighted by molar-refractivity contribution is 5.82. The highest BCUT2D eigenvalue weighted by Gasteiger charge is 2.29. The Morgan fingerprint density at radius 2 is 1.64 bits per heavy atom. The summed E-state index contributed by atoms with van der Waals surface area (Å²) in [6.45, 7) is 2.12. The maximum atomic E-state index is 13.1. The zero-order valence-electron chi connectivity index (χ0n) is 16.2. The first-order valence-corrected chi connectivity index (χ1v) is 10.0. The minimum absolute atomic E-state index is 0.00520. The van der Waals surface area contributed by atoms with Crippen LogP contribution in [0.3, 0.4) is 0 Å². The molecule has 1 saturated heterocycles. The standard InChI is InChI=1S/C23H29N3O2/c24-13-14-25-23(28)20-12-7-15-26(17-20)22(27)16-21(18-8-3-1-4-9-18)19-10-5-2-6-11-19/h1-6,8-11,20-21H,7,12-17,24H2,(H,25,28). The van der Waals surface area contributed by atoms with E-state index in [-0.39, 0.29) is 23.7 Å². The van der Waals surface area contributed by atoms with Crippen molar-refractivity contribution < 1.29 is 9.59 Å². The highest BCUT2D eigenvalue weighted by atomic mass is 16.2. The van der Waals surface area contributed by atoms with Crippen molar-refractivity contribution in [3.63, 3.8) is 0 Å². The molecule has 5 heteroatoms. The van der Waals surface area contributed by atoms with Crippen molar-refractivity contribution in [2.75, 3.05) is 26.2 Å². The molecule has 2 aromatic carbocycles. The van der Waals surface area contributed by atoms with Crippen LogP contribution in [0.5, 0.6) is 0 Å². The van der Waals surface area contributed by atoms with Gasteiger partial charge in [-0.3, -0.25) is 9.59 Å². The molecule has 0 spiro atoms. The van der Waals surface area contributed by atoms with Gasteiger partial charge in [-0.25, -0.2) is 0 Å². The molecule has 0 saturated carbocycles. The summed E-state index contributed by atoms with van der Waals surface area (Å²) in [7, 11) is 0.